The Morgan fingerprint density at radius 2 is 2.11 bits per heavy atom. The number of nitrogens with zero attached hydrogens (tertiary/aromatic N) is 1. The Morgan fingerprint density at radius 1 is 1.47 bits per heavy atom. The smallest absolute Gasteiger partial charge is 0.295 e. The molecule has 1 rings (SSSR count). The molecule has 6 nitrogen and oxygen atoms in total. The number of nitrogens with one attached hydrogen (secondary N) is 2. The van der Waals surface area contributed by atoms with E-state index in [0.717, 1.165) is 12.1 Å². The first kappa shape index (κ1) is 15.0. The van der Waals surface area contributed by atoms with Gasteiger partial charge in [-0.05, 0) is 32.5 Å². The van der Waals surface area contributed by atoms with Crippen molar-refractivity contribution in [2.24, 2.45) is 0 Å². The van der Waals surface area contributed by atoms with Gasteiger partial charge in [0.1, 0.15) is 11.5 Å². The zero-order chi connectivity index (χ0) is 14.6. The summed E-state index contributed by atoms with van der Waals surface area (Å²) in [5.41, 5.74) is -1.38. The average molecular weight is 269 g/mol. The first-order valence-corrected chi connectivity index (χ1v) is 5.78. The summed E-state index contributed by atoms with van der Waals surface area (Å²) in [4.78, 5) is 22.1. The van der Waals surface area contributed by atoms with E-state index in [2.05, 4.69) is 10.6 Å². The number of benzene rings is 1. The average Bonchev–Trinajstić information content (AvgIpc) is 2.30. The molecule has 2 N–H and O–H groups in total. The van der Waals surface area contributed by atoms with E-state index in [-0.39, 0.29) is 5.69 Å². The van der Waals surface area contributed by atoms with E-state index in [0.29, 0.717) is 6.54 Å². The molecular weight excluding hydrogens is 253 g/mol. The van der Waals surface area contributed by atoms with Gasteiger partial charge in [-0.3, -0.25) is 14.9 Å². The third-order valence-electron chi connectivity index (χ3n) is 2.59. The van der Waals surface area contributed by atoms with Crippen molar-refractivity contribution in [3.63, 3.8) is 0 Å². The van der Waals surface area contributed by atoms with E-state index in [4.69, 9.17) is 0 Å². The van der Waals surface area contributed by atoms with Crippen molar-refractivity contribution in [3.8, 4) is 0 Å². The highest BCUT2D eigenvalue weighted by molar-refractivity contribution is 5.99. The predicted octanol–water partition coefficient (Wildman–Crippen LogP) is 2.06. The van der Waals surface area contributed by atoms with Gasteiger partial charge >= 0.3 is 0 Å². The molecule has 0 spiro atoms. The van der Waals surface area contributed by atoms with Crippen LogP contribution in [0.5, 0.6) is 0 Å². The maximum absolute atomic E-state index is 13.0. The second-order valence-electron chi connectivity index (χ2n) is 4.53. The number of carbonyl (C=O) groups excluding carboxylic acids is 1. The number of nitro groups is 1. The molecule has 1 amide bonds. The summed E-state index contributed by atoms with van der Waals surface area (Å²) in [6, 6.07) is 3.01. The molecular formula is C12H16FN3O3. The first-order chi connectivity index (χ1) is 8.77. The molecule has 1 aromatic carbocycles. The highest BCUT2D eigenvalue weighted by Gasteiger charge is 2.28. The molecule has 0 unspecified atom stereocenters. The van der Waals surface area contributed by atoms with Gasteiger partial charge in [0.2, 0.25) is 5.91 Å². The molecule has 0 atom stereocenters. The Morgan fingerprint density at radius 3 is 2.63 bits per heavy atom. The van der Waals surface area contributed by atoms with E-state index >= 15 is 0 Å². The van der Waals surface area contributed by atoms with E-state index in [9.17, 15) is 19.3 Å². The maximum Gasteiger partial charge on any atom is 0.295 e. The highest BCUT2D eigenvalue weighted by atomic mass is 19.1. The Hall–Kier alpha value is -2.02. The van der Waals surface area contributed by atoms with Gasteiger partial charge in [-0.2, -0.15) is 0 Å². The quantitative estimate of drug-likeness (QED) is 0.633. The van der Waals surface area contributed by atoms with Crippen LogP contribution in [-0.2, 0) is 4.79 Å². The van der Waals surface area contributed by atoms with Crippen molar-refractivity contribution < 1.29 is 14.1 Å². The minimum Gasteiger partial charge on any atom is -0.319 e. The molecule has 0 bridgehead atoms. The van der Waals surface area contributed by atoms with Gasteiger partial charge in [-0.1, -0.05) is 6.92 Å². The van der Waals surface area contributed by atoms with Crippen molar-refractivity contribution >= 4 is 17.3 Å². The predicted molar refractivity (Wildman–Crippen MR) is 69.4 cm³/mol. The van der Waals surface area contributed by atoms with E-state index in [1.807, 2.05) is 6.92 Å². The molecule has 0 fully saturated rings. The van der Waals surface area contributed by atoms with Gasteiger partial charge in [-0.25, -0.2) is 4.39 Å². The minimum absolute atomic E-state index is 0.0256. The van der Waals surface area contributed by atoms with Crippen LogP contribution in [0.1, 0.15) is 20.8 Å². The van der Waals surface area contributed by atoms with Crippen LogP contribution in [0.2, 0.25) is 0 Å². The fraction of sp³-hybridized carbons (Fsp3) is 0.417. The standard InChI is InChI=1S/C12H16FN3O3/c1-4-14-12(2,3)11(17)15-9-6-5-8(13)7-10(9)16(18)19/h5-7,14H,4H2,1-3H3,(H,15,17). The molecule has 19 heavy (non-hydrogen) atoms. The van der Waals surface area contributed by atoms with E-state index in [1.54, 1.807) is 13.8 Å². The fourth-order valence-corrected chi connectivity index (χ4v) is 1.56. The molecule has 0 radical (unpaired) electrons. The highest BCUT2D eigenvalue weighted by Crippen LogP contribution is 2.25. The maximum atomic E-state index is 13.0. The molecule has 7 heteroatoms. The number of amides is 1. The van der Waals surface area contributed by atoms with Gasteiger partial charge in [0.05, 0.1) is 16.5 Å². The molecule has 0 saturated heterocycles. The van der Waals surface area contributed by atoms with Gasteiger partial charge in [-0.15, -0.1) is 0 Å². The zero-order valence-corrected chi connectivity index (χ0v) is 11.0. The Bertz CT molecular complexity index is 503. The summed E-state index contributed by atoms with van der Waals surface area (Å²) in [7, 11) is 0. The number of halogens is 1. The van der Waals surface area contributed by atoms with Crippen molar-refractivity contribution in [1.82, 2.24) is 5.32 Å². The molecule has 104 valence electrons. The lowest BCUT2D eigenvalue weighted by atomic mass is 10.0. The summed E-state index contributed by atoms with van der Waals surface area (Å²) >= 11 is 0. The molecule has 0 saturated carbocycles. The number of anilines is 1. The largest absolute Gasteiger partial charge is 0.319 e. The summed E-state index contributed by atoms with van der Waals surface area (Å²) in [5, 5.41) is 16.2. The molecule has 0 aromatic heterocycles. The lowest BCUT2D eigenvalue weighted by Gasteiger charge is -2.24. The number of hydrogen-bond donors (Lipinski definition) is 2. The second-order valence-corrected chi connectivity index (χ2v) is 4.53. The van der Waals surface area contributed by atoms with Crippen LogP contribution in [0, 0.1) is 15.9 Å². The summed E-state index contributed by atoms with van der Waals surface area (Å²) in [6.45, 7) is 5.73. The van der Waals surface area contributed by atoms with Gasteiger partial charge < -0.3 is 10.6 Å². The molecule has 0 aliphatic heterocycles. The minimum atomic E-state index is -0.878. The third kappa shape index (κ3) is 3.72. The topological polar surface area (TPSA) is 84.3 Å². The number of likely N-dealkylation sites (N-methyl/N-ethyl adjacent to an activating group) is 1. The van der Waals surface area contributed by atoms with Crippen molar-refractivity contribution in [2.75, 3.05) is 11.9 Å². The first-order valence-electron chi connectivity index (χ1n) is 5.78. The van der Waals surface area contributed by atoms with Crippen molar-refractivity contribution in [3.05, 3.63) is 34.1 Å². The number of carbonyl (C=O) groups is 1. The third-order valence-corrected chi connectivity index (χ3v) is 2.59. The Balaban J connectivity index is 3.00. The molecule has 1 aromatic rings. The monoisotopic (exact) mass is 269 g/mol. The molecule has 0 heterocycles. The normalized spacial score (nSPS) is 11.2. The second kappa shape index (κ2) is 5.75. The van der Waals surface area contributed by atoms with Crippen LogP contribution in [0.3, 0.4) is 0 Å². The molecule has 0 aliphatic carbocycles. The van der Waals surface area contributed by atoms with Gasteiger partial charge in [0.25, 0.3) is 5.69 Å². The van der Waals surface area contributed by atoms with Gasteiger partial charge in [0, 0.05) is 0 Å². The summed E-state index contributed by atoms with van der Waals surface area (Å²) in [5.74, 6) is -1.15. The summed E-state index contributed by atoms with van der Waals surface area (Å²) in [6.07, 6.45) is 0. The summed E-state index contributed by atoms with van der Waals surface area (Å²) < 4.78 is 13.0. The van der Waals surface area contributed by atoms with Crippen molar-refractivity contribution in [2.45, 2.75) is 26.3 Å². The van der Waals surface area contributed by atoms with Gasteiger partial charge in [0.15, 0.2) is 0 Å². The van der Waals surface area contributed by atoms with E-state index < -0.39 is 27.9 Å². The number of rotatable bonds is 5. The van der Waals surface area contributed by atoms with Crippen LogP contribution in [-0.4, -0.2) is 22.9 Å². The number of hydrogen-bond acceptors (Lipinski definition) is 4. The van der Waals surface area contributed by atoms with Crippen LogP contribution in [0.4, 0.5) is 15.8 Å². The Kier molecular flexibility index (Phi) is 4.55. The zero-order valence-electron chi connectivity index (χ0n) is 11.0. The lowest BCUT2D eigenvalue weighted by molar-refractivity contribution is -0.384. The van der Waals surface area contributed by atoms with Crippen LogP contribution in [0.25, 0.3) is 0 Å². The lowest BCUT2D eigenvalue weighted by Crippen LogP contribution is -2.49. The van der Waals surface area contributed by atoms with Crippen molar-refractivity contribution in [1.29, 1.82) is 0 Å². The van der Waals surface area contributed by atoms with Crippen LogP contribution in [0.15, 0.2) is 18.2 Å². The van der Waals surface area contributed by atoms with Crippen LogP contribution >= 0.6 is 0 Å². The Labute approximate surface area is 110 Å². The fourth-order valence-electron chi connectivity index (χ4n) is 1.56. The van der Waals surface area contributed by atoms with E-state index in [1.165, 1.54) is 6.07 Å². The van der Waals surface area contributed by atoms with Crippen LogP contribution < -0.4 is 10.6 Å². The SMILES string of the molecule is CCNC(C)(C)C(=O)Nc1ccc(F)cc1[N+](=O)[O-]. The molecule has 0 aliphatic rings. The number of nitro benzene ring substituents is 1.